The van der Waals surface area contributed by atoms with Crippen LogP contribution in [0.4, 0.5) is 0 Å². The van der Waals surface area contributed by atoms with E-state index in [2.05, 4.69) is 27.3 Å². The number of nitrogens with zero attached hydrogens (tertiary/aromatic N) is 2. The molecule has 3 rings (SSSR count). The van der Waals surface area contributed by atoms with Gasteiger partial charge in [0.15, 0.2) is 0 Å². The SMILES string of the molecule is CNCc1ccc(CN2CCCC3CCCC32)nc1. The number of nitrogens with one attached hydrogen (secondary N) is 1. The summed E-state index contributed by atoms with van der Waals surface area (Å²) in [5.41, 5.74) is 2.50. The topological polar surface area (TPSA) is 28.2 Å². The molecule has 3 nitrogen and oxygen atoms in total. The summed E-state index contributed by atoms with van der Waals surface area (Å²) in [6, 6.07) is 5.24. The summed E-state index contributed by atoms with van der Waals surface area (Å²) < 4.78 is 0. The van der Waals surface area contributed by atoms with E-state index < -0.39 is 0 Å². The molecule has 2 atom stereocenters. The Kier molecular flexibility index (Phi) is 4.14. The maximum absolute atomic E-state index is 4.62. The van der Waals surface area contributed by atoms with E-state index in [9.17, 15) is 0 Å². The number of piperidine rings is 1. The normalized spacial score (nSPS) is 27.4. The van der Waals surface area contributed by atoms with E-state index in [1.54, 1.807) is 0 Å². The van der Waals surface area contributed by atoms with Crippen molar-refractivity contribution in [1.29, 1.82) is 0 Å². The van der Waals surface area contributed by atoms with Gasteiger partial charge in [0.25, 0.3) is 0 Å². The zero-order chi connectivity index (χ0) is 13.1. The number of hydrogen-bond donors (Lipinski definition) is 1. The number of fused-ring (bicyclic) bond motifs is 1. The zero-order valence-electron chi connectivity index (χ0n) is 11.9. The summed E-state index contributed by atoms with van der Waals surface area (Å²) in [5, 5.41) is 3.16. The van der Waals surface area contributed by atoms with E-state index in [0.717, 1.165) is 25.0 Å². The average molecular weight is 259 g/mol. The van der Waals surface area contributed by atoms with Crippen LogP contribution in [0.15, 0.2) is 18.3 Å². The highest BCUT2D eigenvalue weighted by Gasteiger charge is 2.34. The molecule has 2 aliphatic rings. The summed E-state index contributed by atoms with van der Waals surface area (Å²) in [5.74, 6) is 0.970. The van der Waals surface area contributed by atoms with Crippen molar-refractivity contribution in [2.75, 3.05) is 13.6 Å². The van der Waals surface area contributed by atoms with Crippen molar-refractivity contribution in [2.24, 2.45) is 5.92 Å². The minimum atomic E-state index is 0.840. The van der Waals surface area contributed by atoms with Crippen molar-refractivity contribution >= 4 is 0 Å². The van der Waals surface area contributed by atoms with Crippen LogP contribution in [-0.4, -0.2) is 29.5 Å². The molecular formula is C16H25N3. The highest BCUT2D eigenvalue weighted by atomic mass is 15.2. The fraction of sp³-hybridized carbons (Fsp3) is 0.688. The van der Waals surface area contributed by atoms with Crippen LogP contribution in [0.25, 0.3) is 0 Å². The van der Waals surface area contributed by atoms with Gasteiger partial charge in [-0.25, -0.2) is 0 Å². The molecule has 0 spiro atoms. The molecule has 1 saturated heterocycles. The van der Waals surface area contributed by atoms with E-state index in [4.69, 9.17) is 0 Å². The monoisotopic (exact) mass is 259 g/mol. The van der Waals surface area contributed by atoms with Gasteiger partial charge in [-0.3, -0.25) is 9.88 Å². The molecule has 2 fully saturated rings. The van der Waals surface area contributed by atoms with Crippen molar-refractivity contribution < 1.29 is 0 Å². The molecule has 0 aromatic carbocycles. The second kappa shape index (κ2) is 6.02. The van der Waals surface area contributed by atoms with Gasteiger partial charge in [-0.2, -0.15) is 0 Å². The maximum Gasteiger partial charge on any atom is 0.0544 e. The first-order valence-corrected chi connectivity index (χ1v) is 7.69. The molecule has 104 valence electrons. The van der Waals surface area contributed by atoms with Gasteiger partial charge < -0.3 is 5.32 Å². The van der Waals surface area contributed by atoms with Crippen molar-refractivity contribution in [3.8, 4) is 0 Å². The molecular weight excluding hydrogens is 234 g/mol. The first-order valence-electron chi connectivity index (χ1n) is 7.69. The van der Waals surface area contributed by atoms with Crippen LogP contribution in [0.5, 0.6) is 0 Å². The number of hydrogen-bond acceptors (Lipinski definition) is 3. The van der Waals surface area contributed by atoms with Crippen molar-refractivity contribution in [1.82, 2.24) is 15.2 Å². The molecule has 2 heterocycles. The molecule has 1 aliphatic carbocycles. The molecule has 3 heteroatoms. The standard InChI is InChI=1S/C16H25N3/c1-17-10-13-7-8-15(18-11-13)12-19-9-3-5-14-4-2-6-16(14)19/h7-8,11,14,16-17H,2-6,9-10,12H2,1H3. The lowest BCUT2D eigenvalue weighted by Crippen LogP contribution is -2.42. The first-order chi connectivity index (χ1) is 9.36. The lowest BCUT2D eigenvalue weighted by molar-refractivity contribution is 0.104. The molecule has 1 aliphatic heterocycles. The smallest absolute Gasteiger partial charge is 0.0544 e. The Labute approximate surface area is 116 Å². The van der Waals surface area contributed by atoms with Crippen LogP contribution in [0.3, 0.4) is 0 Å². The second-order valence-electron chi connectivity index (χ2n) is 6.06. The van der Waals surface area contributed by atoms with E-state index in [-0.39, 0.29) is 0 Å². The molecule has 0 radical (unpaired) electrons. The van der Waals surface area contributed by atoms with Crippen molar-refractivity contribution in [2.45, 2.75) is 51.2 Å². The fourth-order valence-electron chi connectivity index (χ4n) is 3.82. The zero-order valence-corrected chi connectivity index (χ0v) is 11.9. The molecule has 1 aromatic rings. The third kappa shape index (κ3) is 2.98. The first kappa shape index (κ1) is 13.1. The Morgan fingerprint density at radius 1 is 1.26 bits per heavy atom. The number of aromatic nitrogens is 1. The quantitative estimate of drug-likeness (QED) is 0.901. The Morgan fingerprint density at radius 3 is 2.95 bits per heavy atom. The van der Waals surface area contributed by atoms with Crippen LogP contribution >= 0.6 is 0 Å². The minimum Gasteiger partial charge on any atom is -0.316 e. The molecule has 1 saturated carbocycles. The highest BCUT2D eigenvalue weighted by Crippen LogP contribution is 2.37. The summed E-state index contributed by atoms with van der Waals surface area (Å²) in [7, 11) is 1.97. The van der Waals surface area contributed by atoms with Gasteiger partial charge in [-0.05, 0) is 56.8 Å². The van der Waals surface area contributed by atoms with Gasteiger partial charge >= 0.3 is 0 Å². The van der Waals surface area contributed by atoms with E-state index in [0.29, 0.717) is 0 Å². The summed E-state index contributed by atoms with van der Waals surface area (Å²) in [6.07, 6.45) is 9.13. The summed E-state index contributed by atoms with van der Waals surface area (Å²) >= 11 is 0. The Balaban J connectivity index is 1.63. The van der Waals surface area contributed by atoms with Gasteiger partial charge in [-0.15, -0.1) is 0 Å². The van der Waals surface area contributed by atoms with E-state index in [1.807, 2.05) is 13.2 Å². The Morgan fingerprint density at radius 2 is 2.16 bits per heavy atom. The summed E-state index contributed by atoms with van der Waals surface area (Å²) in [6.45, 7) is 3.21. The summed E-state index contributed by atoms with van der Waals surface area (Å²) in [4.78, 5) is 7.31. The van der Waals surface area contributed by atoms with Gasteiger partial charge in [0.1, 0.15) is 0 Å². The predicted molar refractivity (Wildman–Crippen MR) is 77.8 cm³/mol. The van der Waals surface area contributed by atoms with Gasteiger partial charge in [-0.1, -0.05) is 12.5 Å². The predicted octanol–water partition coefficient (Wildman–Crippen LogP) is 2.57. The molecule has 2 unspecified atom stereocenters. The highest BCUT2D eigenvalue weighted by molar-refractivity contribution is 5.14. The lowest BCUT2D eigenvalue weighted by Gasteiger charge is -2.37. The Hall–Kier alpha value is -0.930. The third-order valence-corrected chi connectivity index (χ3v) is 4.74. The molecule has 1 N–H and O–H groups in total. The van der Waals surface area contributed by atoms with Crippen LogP contribution in [0, 0.1) is 5.92 Å². The number of rotatable bonds is 4. The van der Waals surface area contributed by atoms with Gasteiger partial charge in [0, 0.05) is 25.3 Å². The van der Waals surface area contributed by atoms with Gasteiger partial charge in [0.2, 0.25) is 0 Å². The second-order valence-corrected chi connectivity index (χ2v) is 6.06. The minimum absolute atomic E-state index is 0.840. The molecule has 19 heavy (non-hydrogen) atoms. The molecule has 0 bridgehead atoms. The Bertz CT molecular complexity index is 401. The van der Waals surface area contributed by atoms with Crippen molar-refractivity contribution in [3.05, 3.63) is 29.6 Å². The molecule has 1 aromatic heterocycles. The largest absolute Gasteiger partial charge is 0.316 e. The van der Waals surface area contributed by atoms with Crippen LogP contribution in [0.2, 0.25) is 0 Å². The van der Waals surface area contributed by atoms with E-state index >= 15 is 0 Å². The fourth-order valence-corrected chi connectivity index (χ4v) is 3.82. The van der Waals surface area contributed by atoms with Crippen LogP contribution in [-0.2, 0) is 13.1 Å². The van der Waals surface area contributed by atoms with Crippen LogP contribution in [0.1, 0.15) is 43.4 Å². The van der Waals surface area contributed by atoms with Crippen LogP contribution < -0.4 is 5.32 Å². The lowest BCUT2D eigenvalue weighted by atomic mass is 9.92. The van der Waals surface area contributed by atoms with Gasteiger partial charge in [0.05, 0.1) is 5.69 Å². The molecule has 0 amide bonds. The maximum atomic E-state index is 4.62. The van der Waals surface area contributed by atoms with E-state index in [1.165, 1.54) is 49.9 Å². The average Bonchev–Trinajstić information content (AvgIpc) is 2.91. The van der Waals surface area contributed by atoms with Crippen molar-refractivity contribution in [3.63, 3.8) is 0 Å². The number of likely N-dealkylation sites (tertiary alicyclic amines) is 1. The third-order valence-electron chi connectivity index (χ3n) is 4.74. The number of pyridine rings is 1.